The van der Waals surface area contributed by atoms with Crippen LogP contribution in [0.4, 0.5) is 0 Å². The molecule has 1 heterocycles. The van der Waals surface area contributed by atoms with E-state index in [0.29, 0.717) is 5.84 Å². The van der Waals surface area contributed by atoms with E-state index in [-0.39, 0.29) is 0 Å². The second kappa shape index (κ2) is 5.34. The van der Waals surface area contributed by atoms with Gasteiger partial charge in [-0.15, -0.1) is 5.48 Å². The molecular weight excluding hydrogens is 178 g/mol. The Morgan fingerprint density at radius 1 is 1.50 bits per heavy atom. The van der Waals surface area contributed by atoms with Crippen LogP contribution in [0.25, 0.3) is 0 Å². The van der Waals surface area contributed by atoms with Gasteiger partial charge in [0.25, 0.3) is 0 Å². The fourth-order valence-electron chi connectivity index (χ4n) is 1.36. The Hall–Kier alpha value is -1.42. The van der Waals surface area contributed by atoms with Crippen molar-refractivity contribution in [2.45, 2.75) is 13.8 Å². The van der Waals surface area contributed by atoms with Gasteiger partial charge in [-0.05, 0) is 26.0 Å². The highest BCUT2D eigenvalue weighted by Crippen LogP contribution is 1.96. The summed E-state index contributed by atoms with van der Waals surface area (Å²) in [6.45, 7) is 5.76. The van der Waals surface area contributed by atoms with Crippen LogP contribution in [0.2, 0.25) is 0 Å². The second-order valence-corrected chi connectivity index (χ2v) is 2.87. The van der Waals surface area contributed by atoms with E-state index in [4.69, 9.17) is 5.21 Å². The Labute approximate surface area is 83.9 Å². The molecule has 1 aromatic rings. The molecule has 0 aliphatic heterocycles. The van der Waals surface area contributed by atoms with Crippen LogP contribution < -0.4 is 5.48 Å². The second-order valence-electron chi connectivity index (χ2n) is 2.87. The van der Waals surface area contributed by atoms with Gasteiger partial charge in [0.15, 0.2) is 0 Å². The molecule has 1 aromatic heterocycles. The number of nitrogens with zero attached hydrogens (tertiary/aromatic N) is 2. The number of pyridine rings is 1. The van der Waals surface area contributed by atoms with Gasteiger partial charge in [-0.1, -0.05) is 0 Å². The SMILES string of the molecule is CC[N+](CC)=C(NO)c1cccnc1. The number of nitrogens with one attached hydrogen (secondary N) is 1. The maximum Gasteiger partial charge on any atom is 0.308 e. The molecule has 0 aliphatic rings. The zero-order chi connectivity index (χ0) is 10.4. The van der Waals surface area contributed by atoms with Gasteiger partial charge >= 0.3 is 5.84 Å². The summed E-state index contributed by atoms with van der Waals surface area (Å²) in [7, 11) is 0. The topological polar surface area (TPSA) is 48.2 Å². The van der Waals surface area contributed by atoms with Crippen molar-refractivity contribution in [2.75, 3.05) is 13.1 Å². The van der Waals surface area contributed by atoms with Crippen molar-refractivity contribution in [1.82, 2.24) is 10.5 Å². The van der Waals surface area contributed by atoms with Crippen molar-refractivity contribution in [3.63, 3.8) is 0 Å². The van der Waals surface area contributed by atoms with E-state index in [0.717, 1.165) is 18.7 Å². The molecule has 4 heteroatoms. The maximum absolute atomic E-state index is 9.06. The molecule has 4 nitrogen and oxygen atoms in total. The van der Waals surface area contributed by atoms with Crippen molar-refractivity contribution >= 4 is 5.84 Å². The summed E-state index contributed by atoms with van der Waals surface area (Å²) in [6.07, 6.45) is 3.43. The molecule has 0 fully saturated rings. The molecule has 1 rings (SSSR count). The van der Waals surface area contributed by atoms with Crippen molar-refractivity contribution < 1.29 is 9.78 Å². The molecule has 76 valence electrons. The molecule has 2 N–H and O–H groups in total. The lowest BCUT2D eigenvalue weighted by molar-refractivity contribution is -0.523. The minimum atomic E-state index is 0.697. The van der Waals surface area contributed by atoms with E-state index in [9.17, 15) is 0 Å². The number of aromatic nitrogens is 1. The first-order chi connectivity index (χ1) is 6.83. The Bertz CT molecular complexity index is 302. The van der Waals surface area contributed by atoms with Gasteiger partial charge in [-0.2, -0.15) is 0 Å². The first-order valence-corrected chi connectivity index (χ1v) is 4.75. The molecule has 0 bridgehead atoms. The van der Waals surface area contributed by atoms with Crippen LogP contribution in [0, 0.1) is 0 Å². The van der Waals surface area contributed by atoms with Gasteiger partial charge in [0.1, 0.15) is 0 Å². The van der Waals surface area contributed by atoms with Crippen LogP contribution in [-0.4, -0.2) is 33.7 Å². The molecule has 14 heavy (non-hydrogen) atoms. The van der Waals surface area contributed by atoms with Gasteiger partial charge in [0, 0.05) is 12.4 Å². The Morgan fingerprint density at radius 3 is 2.64 bits per heavy atom. The van der Waals surface area contributed by atoms with E-state index in [1.807, 2.05) is 30.6 Å². The normalized spacial score (nSPS) is 9.64. The standard InChI is InChI=1S/C10H15N3O/c1-3-13(4-2)10(12-14)9-6-5-7-11-8-9/h5-8,14H,3-4H2,1-2H3/p+1. The molecule has 0 aliphatic carbocycles. The highest BCUT2D eigenvalue weighted by atomic mass is 16.5. The van der Waals surface area contributed by atoms with Crippen molar-refractivity contribution in [3.05, 3.63) is 30.1 Å². The molecule has 0 aromatic carbocycles. The van der Waals surface area contributed by atoms with E-state index >= 15 is 0 Å². The largest absolute Gasteiger partial charge is 0.308 e. The summed E-state index contributed by atoms with van der Waals surface area (Å²) >= 11 is 0. The lowest BCUT2D eigenvalue weighted by atomic mass is 10.2. The van der Waals surface area contributed by atoms with Crippen molar-refractivity contribution in [2.24, 2.45) is 0 Å². The Balaban J connectivity index is 3.09. The van der Waals surface area contributed by atoms with Crippen LogP contribution in [0.3, 0.4) is 0 Å². The summed E-state index contributed by atoms with van der Waals surface area (Å²) in [6, 6.07) is 3.75. The van der Waals surface area contributed by atoms with E-state index in [2.05, 4.69) is 10.5 Å². The molecule has 0 atom stereocenters. The fraction of sp³-hybridized carbons (Fsp3) is 0.400. The maximum atomic E-state index is 9.06. The lowest BCUT2D eigenvalue weighted by Crippen LogP contribution is -2.32. The zero-order valence-corrected chi connectivity index (χ0v) is 8.57. The molecule has 0 amide bonds. The monoisotopic (exact) mass is 194 g/mol. The average molecular weight is 194 g/mol. The summed E-state index contributed by atoms with van der Waals surface area (Å²) in [4.78, 5) is 4.01. The third-order valence-corrected chi connectivity index (χ3v) is 2.12. The highest BCUT2D eigenvalue weighted by molar-refractivity contribution is 5.93. The number of hydrogen-bond donors (Lipinski definition) is 2. The van der Waals surface area contributed by atoms with Gasteiger partial charge in [-0.25, -0.2) is 5.21 Å². The Morgan fingerprint density at radius 2 is 2.21 bits per heavy atom. The van der Waals surface area contributed by atoms with Crippen LogP contribution in [-0.2, 0) is 0 Å². The smallest absolute Gasteiger partial charge is 0.264 e. The zero-order valence-electron chi connectivity index (χ0n) is 8.57. The van der Waals surface area contributed by atoms with E-state index in [1.165, 1.54) is 0 Å². The van der Waals surface area contributed by atoms with Crippen LogP contribution >= 0.6 is 0 Å². The molecule has 0 spiro atoms. The van der Waals surface area contributed by atoms with Gasteiger partial charge in [0.2, 0.25) is 0 Å². The molecule has 0 radical (unpaired) electrons. The quantitative estimate of drug-likeness (QED) is 0.325. The van der Waals surface area contributed by atoms with Crippen molar-refractivity contribution in [3.8, 4) is 0 Å². The number of rotatable bonds is 3. The summed E-state index contributed by atoms with van der Waals surface area (Å²) in [5.74, 6) is 0.697. The number of amidine groups is 1. The summed E-state index contributed by atoms with van der Waals surface area (Å²) in [5.41, 5.74) is 3.11. The third-order valence-electron chi connectivity index (χ3n) is 2.12. The summed E-state index contributed by atoms with van der Waals surface area (Å²) < 4.78 is 2.02. The van der Waals surface area contributed by atoms with Gasteiger partial charge < -0.3 is 0 Å². The minimum absolute atomic E-state index is 0.697. The lowest BCUT2D eigenvalue weighted by Gasteiger charge is -2.06. The van der Waals surface area contributed by atoms with Gasteiger partial charge in [0.05, 0.1) is 18.7 Å². The first kappa shape index (κ1) is 10.7. The first-order valence-electron chi connectivity index (χ1n) is 4.75. The number of hydroxylamine groups is 1. The fourth-order valence-corrected chi connectivity index (χ4v) is 1.36. The third kappa shape index (κ3) is 2.29. The molecule has 0 saturated carbocycles. The molecule has 0 unspecified atom stereocenters. The molecular formula is C10H16N3O+. The Kier molecular flexibility index (Phi) is 4.07. The highest BCUT2D eigenvalue weighted by Gasteiger charge is 2.12. The van der Waals surface area contributed by atoms with E-state index < -0.39 is 0 Å². The van der Waals surface area contributed by atoms with Crippen molar-refractivity contribution in [1.29, 1.82) is 0 Å². The van der Waals surface area contributed by atoms with Crippen LogP contribution in [0.15, 0.2) is 24.5 Å². The average Bonchev–Trinajstić information content (AvgIpc) is 2.27. The minimum Gasteiger partial charge on any atom is -0.264 e. The molecule has 0 saturated heterocycles. The predicted octanol–water partition coefficient (Wildman–Crippen LogP) is 0.859. The number of hydrogen-bond acceptors (Lipinski definition) is 2. The van der Waals surface area contributed by atoms with Crippen LogP contribution in [0.5, 0.6) is 0 Å². The van der Waals surface area contributed by atoms with Crippen LogP contribution in [0.1, 0.15) is 19.4 Å². The summed E-state index contributed by atoms with van der Waals surface area (Å²) in [5, 5.41) is 9.06. The van der Waals surface area contributed by atoms with Gasteiger partial charge in [-0.3, -0.25) is 9.56 Å². The predicted molar refractivity (Wildman–Crippen MR) is 54.6 cm³/mol. The van der Waals surface area contributed by atoms with E-state index in [1.54, 1.807) is 12.4 Å².